The molecule has 0 saturated heterocycles. The summed E-state index contributed by atoms with van der Waals surface area (Å²) in [6.45, 7) is 10.4. The number of aryl methyl sites for hydroxylation is 1. The van der Waals surface area contributed by atoms with Crippen LogP contribution in [0, 0.1) is 0 Å². The van der Waals surface area contributed by atoms with E-state index >= 15 is 0 Å². The number of halogens is 2. The van der Waals surface area contributed by atoms with E-state index < -0.39 is 9.04 Å². The van der Waals surface area contributed by atoms with E-state index in [1.165, 1.54) is 52.3 Å². The van der Waals surface area contributed by atoms with Gasteiger partial charge >= 0.3 is 26.2 Å². The third kappa shape index (κ3) is 9.57. The predicted octanol–water partition coefficient (Wildman–Crippen LogP) is 0.927. The first-order valence-corrected chi connectivity index (χ1v) is 12.1. The minimum atomic E-state index is -0.880. The molecule has 0 aromatic heterocycles. The first kappa shape index (κ1) is 30.9. The van der Waals surface area contributed by atoms with Gasteiger partial charge in [-0.25, -0.2) is 0 Å². The van der Waals surface area contributed by atoms with E-state index in [-0.39, 0.29) is 51.0 Å². The number of rotatable bonds is 5. The van der Waals surface area contributed by atoms with Crippen molar-refractivity contribution >= 4 is 19.8 Å². The van der Waals surface area contributed by atoms with Gasteiger partial charge in [-0.2, -0.15) is 6.07 Å². The fourth-order valence-corrected chi connectivity index (χ4v) is 3.12. The van der Waals surface area contributed by atoms with Gasteiger partial charge in [0.2, 0.25) is 0 Å². The molecule has 1 nitrogen and oxygen atoms in total. The molecule has 0 bridgehead atoms. The van der Waals surface area contributed by atoms with E-state index in [0.717, 1.165) is 0 Å². The molecule has 0 amide bonds. The molecule has 2 radical (unpaired) electrons. The fraction of sp³-hybridized carbons (Fsp3) is 0.375. The van der Waals surface area contributed by atoms with Crippen LogP contribution in [0.15, 0.2) is 54.6 Å². The Morgan fingerprint density at radius 3 is 2.10 bits per heavy atom. The summed E-state index contributed by atoms with van der Waals surface area (Å²) in [5, 5.41) is 2.77. The zero-order chi connectivity index (χ0) is 19.1. The maximum Gasteiger partial charge on any atom is 3.00 e. The first-order chi connectivity index (χ1) is 12.4. The maximum atomic E-state index is 8.16. The third-order valence-electron chi connectivity index (χ3n) is 4.52. The van der Waals surface area contributed by atoms with Crippen LogP contribution in [-0.2, 0) is 32.6 Å². The molecule has 0 aliphatic heterocycles. The molecule has 3 aromatic carbocycles. The Balaban J connectivity index is 0. The van der Waals surface area contributed by atoms with Gasteiger partial charge in [-0.3, -0.25) is 0 Å². The van der Waals surface area contributed by atoms with Gasteiger partial charge in [-0.1, -0.05) is 69.5 Å². The molecule has 0 fully saturated rings. The maximum absolute atomic E-state index is 8.16. The molecule has 3 rings (SSSR count). The van der Waals surface area contributed by atoms with Gasteiger partial charge < -0.3 is 29.6 Å². The quantitative estimate of drug-likeness (QED) is 0.388. The fourth-order valence-electron chi connectivity index (χ4n) is 3.12. The summed E-state index contributed by atoms with van der Waals surface area (Å²) in [6.07, 6.45) is 3.72. The second kappa shape index (κ2) is 15.5. The number of hydrogen-bond donors (Lipinski definition) is 1. The molecule has 0 saturated carbocycles. The first-order valence-electron chi connectivity index (χ1n) is 9.70. The van der Waals surface area contributed by atoms with E-state index in [2.05, 4.69) is 75.4 Å². The normalized spacial score (nSPS) is 9.93. The summed E-state index contributed by atoms with van der Waals surface area (Å²) in [5.74, 6) is 0.587. The van der Waals surface area contributed by atoms with Crippen molar-refractivity contribution in [3.05, 3.63) is 65.7 Å². The Morgan fingerprint density at radius 1 is 1.00 bits per heavy atom. The average molecular weight is 527 g/mol. The molecule has 0 unspecified atom stereocenters. The largest absolute Gasteiger partial charge is 3.00 e. The van der Waals surface area contributed by atoms with Crippen LogP contribution in [0.1, 0.15) is 50.7 Å². The SMILES string of the molecule is CCCCc1cc2c(-c3ccc(C(C)C)cc3)cccc2[cH-]1.C[Si](C)O.[Cl-].[Cl-].[Zr+3]. The third-order valence-corrected chi connectivity index (χ3v) is 4.52. The molecule has 156 valence electrons. The van der Waals surface area contributed by atoms with Crippen LogP contribution in [0.25, 0.3) is 21.9 Å². The number of fused-ring (bicyclic) bond motifs is 1. The van der Waals surface area contributed by atoms with Crippen LogP contribution in [-0.4, -0.2) is 13.8 Å². The number of unbranched alkanes of at least 4 members (excludes halogenated alkanes) is 1. The minimum absolute atomic E-state index is 0. The molecule has 0 heterocycles. The minimum Gasteiger partial charge on any atom is -1.00 e. The van der Waals surface area contributed by atoms with Crippen molar-refractivity contribution in [1.29, 1.82) is 0 Å². The summed E-state index contributed by atoms with van der Waals surface area (Å²) in [5.41, 5.74) is 5.56. The average Bonchev–Trinajstić information content (AvgIpc) is 3.02. The molecule has 0 aliphatic rings. The standard InChI is InChI=1S/C22H25.C2H7OSi.2ClH.Zr/c1-4-5-7-17-14-20-8-6-9-21(22(20)15-17)19-12-10-18(11-13-19)16(2)3;1-4(2)3;;;/h6,8-16H,4-5,7H2,1-3H3;3H,1-2H3;2*1H;/q-1;;;;+3/p-2. The summed E-state index contributed by atoms with van der Waals surface area (Å²) in [7, 11) is -0.880. The number of benzene rings is 2. The molecule has 0 aliphatic carbocycles. The van der Waals surface area contributed by atoms with Gasteiger partial charge in [0.05, 0.1) is 0 Å². The van der Waals surface area contributed by atoms with Gasteiger partial charge in [0, 0.05) is 0 Å². The summed E-state index contributed by atoms with van der Waals surface area (Å²) < 4.78 is 0. The van der Waals surface area contributed by atoms with Gasteiger partial charge in [-0.15, -0.1) is 34.5 Å². The Bertz CT molecular complexity index is 811. The van der Waals surface area contributed by atoms with Crippen molar-refractivity contribution < 1.29 is 55.8 Å². The topological polar surface area (TPSA) is 20.2 Å². The predicted molar refractivity (Wildman–Crippen MR) is 117 cm³/mol. The van der Waals surface area contributed by atoms with Crippen LogP contribution in [0.5, 0.6) is 0 Å². The molecule has 0 spiro atoms. The summed E-state index contributed by atoms with van der Waals surface area (Å²) in [6, 6.07) is 20.5. The van der Waals surface area contributed by atoms with E-state index in [1.54, 1.807) is 0 Å². The Kier molecular flexibility index (Phi) is 16.5. The van der Waals surface area contributed by atoms with Crippen LogP contribution in [0.4, 0.5) is 0 Å². The summed E-state index contributed by atoms with van der Waals surface area (Å²) >= 11 is 0. The van der Waals surface area contributed by atoms with Crippen molar-refractivity contribution in [1.82, 2.24) is 0 Å². The van der Waals surface area contributed by atoms with Crippen molar-refractivity contribution in [3.63, 3.8) is 0 Å². The zero-order valence-corrected chi connectivity index (χ0v) is 23.1. The van der Waals surface area contributed by atoms with Crippen molar-refractivity contribution in [2.45, 2.75) is 59.0 Å². The van der Waals surface area contributed by atoms with Gasteiger partial charge in [-0.05, 0) is 36.6 Å². The van der Waals surface area contributed by atoms with E-state index in [4.69, 9.17) is 4.80 Å². The van der Waals surface area contributed by atoms with Crippen molar-refractivity contribution in [3.8, 4) is 11.1 Å². The Morgan fingerprint density at radius 2 is 1.59 bits per heavy atom. The van der Waals surface area contributed by atoms with Crippen molar-refractivity contribution in [2.75, 3.05) is 0 Å². The smallest absolute Gasteiger partial charge is 1.00 e. The number of hydrogen-bond acceptors (Lipinski definition) is 1. The van der Waals surface area contributed by atoms with Gasteiger partial charge in [0.1, 0.15) is 0 Å². The van der Waals surface area contributed by atoms with E-state index in [1.807, 2.05) is 13.1 Å². The molecule has 29 heavy (non-hydrogen) atoms. The molecule has 1 N–H and O–H groups in total. The molecule has 5 heteroatoms. The van der Waals surface area contributed by atoms with Crippen LogP contribution >= 0.6 is 0 Å². The van der Waals surface area contributed by atoms with Crippen LogP contribution in [0.3, 0.4) is 0 Å². The summed E-state index contributed by atoms with van der Waals surface area (Å²) in [4.78, 5) is 8.16. The second-order valence-corrected chi connectivity index (χ2v) is 9.39. The Labute approximate surface area is 210 Å². The Hall–Kier alpha value is -0.310. The van der Waals surface area contributed by atoms with Gasteiger partial charge in [0.25, 0.3) is 0 Å². The van der Waals surface area contributed by atoms with Crippen molar-refractivity contribution in [2.24, 2.45) is 0 Å². The van der Waals surface area contributed by atoms with E-state index in [9.17, 15) is 0 Å². The molecule has 0 atom stereocenters. The van der Waals surface area contributed by atoms with Crippen LogP contribution < -0.4 is 24.8 Å². The molecule has 3 aromatic rings. The monoisotopic (exact) mass is 524 g/mol. The molecular weight excluding hydrogens is 494 g/mol. The van der Waals surface area contributed by atoms with E-state index in [0.29, 0.717) is 5.92 Å². The second-order valence-electron chi connectivity index (χ2n) is 7.50. The van der Waals surface area contributed by atoms with Crippen LogP contribution in [0.2, 0.25) is 13.1 Å². The zero-order valence-electron chi connectivity index (χ0n) is 18.1. The molecular formula is C24H32Cl2OSiZr. The van der Waals surface area contributed by atoms with Gasteiger partial charge in [0.15, 0.2) is 9.04 Å².